The largest absolute Gasteiger partial charge is 0.501 e. The summed E-state index contributed by atoms with van der Waals surface area (Å²) in [6, 6.07) is 4.34. The van der Waals surface area contributed by atoms with Crippen LogP contribution in [0.2, 0.25) is 0 Å². The van der Waals surface area contributed by atoms with E-state index in [0.717, 1.165) is 4.90 Å². The van der Waals surface area contributed by atoms with Gasteiger partial charge in [0, 0.05) is 32.6 Å². The van der Waals surface area contributed by atoms with Gasteiger partial charge in [-0.1, -0.05) is 12.1 Å². The number of nitrogens with zero attached hydrogens (tertiary/aromatic N) is 3. The third-order valence-corrected chi connectivity index (χ3v) is 7.41. The highest BCUT2D eigenvalue weighted by atomic mass is 19.1. The Bertz CT molecular complexity index is 1330. The monoisotopic (exact) mass is 515 g/mol. The molecule has 3 heterocycles. The Morgan fingerprint density at radius 2 is 1.86 bits per heavy atom. The fourth-order valence-corrected chi connectivity index (χ4v) is 5.08. The number of aliphatic hydroxyl groups is 1. The first-order chi connectivity index (χ1) is 17.4. The molecule has 11 nitrogen and oxygen atoms in total. The highest BCUT2D eigenvalue weighted by Gasteiger charge is 2.51. The van der Waals surface area contributed by atoms with Crippen molar-refractivity contribution in [2.24, 2.45) is 5.41 Å². The van der Waals surface area contributed by atoms with Gasteiger partial charge in [0.1, 0.15) is 11.6 Å². The van der Waals surface area contributed by atoms with Gasteiger partial charge in [0.2, 0.25) is 5.75 Å². The van der Waals surface area contributed by atoms with Gasteiger partial charge in [-0.2, -0.15) is 0 Å². The number of aromatic hydroxyl groups is 1. The van der Waals surface area contributed by atoms with Gasteiger partial charge in [0.25, 0.3) is 11.5 Å². The number of aryl methyl sites for hydroxylation is 1. The first kappa shape index (κ1) is 26.3. The summed E-state index contributed by atoms with van der Waals surface area (Å²) >= 11 is 0. The van der Waals surface area contributed by atoms with E-state index in [4.69, 9.17) is 0 Å². The van der Waals surface area contributed by atoms with Gasteiger partial charge >= 0.3 is 11.8 Å². The number of aliphatic hydroxyl groups excluding tert-OH is 1. The minimum Gasteiger partial charge on any atom is -0.501 e. The van der Waals surface area contributed by atoms with Crippen molar-refractivity contribution in [3.05, 3.63) is 57.0 Å². The SMILES string of the molecule is Cc1cc(CNC(=O)c2nc3n(c(=O)c2O)CC2(CO)CCC3(NC(=O)C(=O)N(C)C)CC2)ccc1F. The van der Waals surface area contributed by atoms with Crippen molar-refractivity contribution in [2.75, 3.05) is 20.7 Å². The van der Waals surface area contributed by atoms with Crippen molar-refractivity contribution < 1.29 is 29.0 Å². The average molecular weight is 516 g/mol. The Morgan fingerprint density at radius 1 is 1.19 bits per heavy atom. The molecule has 1 saturated carbocycles. The zero-order valence-electron chi connectivity index (χ0n) is 20.9. The molecule has 3 amide bonds. The lowest BCUT2D eigenvalue weighted by Gasteiger charge is -2.41. The molecule has 5 rings (SSSR count). The minimum absolute atomic E-state index is 0.00761. The number of halogens is 1. The molecular formula is C25H30FN5O6. The quantitative estimate of drug-likeness (QED) is 0.418. The van der Waals surface area contributed by atoms with E-state index in [0.29, 0.717) is 24.0 Å². The maximum Gasteiger partial charge on any atom is 0.311 e. The van der Waals surface area contributed by atoms with Crippen molar-refractivity contribution in [3.63, 3.8) is 0 Å². The molecule has 3 aliphatic rings. The van der Waals surface area contributed by atoms with Crippen LogP contribution in [0.3, 0.4) is 0 Å². The van der Waals surface area contributed by atoms with Crippen LogP contribution in [0.1, 0.15) is 53.1 Å². The number of nitrogens with one attached hydrogen (secondary N) is 2. The van der Waals surface area contributed by atoms with E-state index in [1.165, 1.54) is 30.8 Å². The molecule has 12 heteroatoms. The van der Waals surface area contributed by atoms with E-state index in [1.807, 2.05) is 0 Å². The van der Waals surface area contributed by atoms with E-state index in [1.54, 1.807) is 13.0 Å². The number of likely N-dealkylation sites (N-methyl/N-ethyl adjacent to an activating group) is 1. The van der Waals surface area contributed by atoms with Crippen molar-refractivity contribution >= 4 is 17.7 Å². The molecule has 1 fully saturated rings. The van der Waals surface area contributed by atoms with E-state index < -0.39 is 45.7 Å². The third-order valence-electron chi connectivity index (χ3n) is 7.41. The predicted octanol–water partition coefficient (Wildman–Crippen LogP) is 0.292. The maximum absolute atomic E-state index is 13.6. The summed E-state index contributed by atoms with van der Waals surface area (Å²) in [7, 11) is 2.87. The number of benzene rings is 1. The molecule has 2 bridgehead atoms. The van der Waals surface area contributed by atoms with Gasteiger partial charge in [0.05, 0.1) is 12.1 Å². The Kier molecular flexibility index (Phi) is 6.80. The van der Waals surface area contributed by atoms with Crippen molar-refractivity contribution in [2.45, 2.75) is 51.2 Å². The molecule has 2 aromatic rings. The summed E-state index contributed by atoms with van der Waals surface area (Å²) in [6.07, 6.45) is 1.39. The van der Waals surface area contributed by atoms with Gasteiger partial charge < -0.3 is 25.7 Å². The number of aromatic nitrogens is 2. The fraction of sp³-hybridized carbons (Fsp3) is 0.480. The molecule has 0 unspecified atom stereocenters. The van der Waals surface area contributed by atoms with E-state index >= 15 is 0 Å². The van der Waals surface area contributed by atoms with Crippen LogP contribution >= 0.6 is 0 Å². The van der Waals surface area contributed by atoms with Crippen molar-refractivity contribution in [1.29, 1.82) is 0 Å². The number of carbonyl (C=O) groups is 3. The topological polar surface area (TPSA) is 154 Å². The zero-order valence-corrected chi connectivity index (χ0v) is 20.9. The molecule has 2 aliphatic heterocycles. The van der Waals surface area contributed by atoms with E-state index in [-0.39, 0.29) is 44.2 Å². The number of rotatable bonds is 5. The van der Waals surface area contributed by atoms with Crippen LogP contribution in [0.25, 0.3) is 0 Å². The molecule has 4 N–H and O–H groups in total. The summed E-state index contributed by atoms with van der Waals surface area (Å²) in [5, 5.41) is 26.1. The second kappa shape index (κ2) is 9.58. The molecule has 1 aliphatic carbocycles. The second-order valence-corrected chi connectivity index (χ2v) is 10.2. The summed E-state index contributed by atoms with van der Waals surface area (Å²) in [6.45, 7) is 1.39. The molecule has 198 valence electrons. The summed E-state index contributed by atoms with van der Waals surface area (Å²) in [5.41, 5.74) is -2.33. The first-order valence-electron chi connectivity index (χ1n) is 11.9. The van der Waals surface area contributed by atoms with Crippen molar-refractivity contribution in [3.8, 4) is 5.75 Å². The standard InChI is InChI=1S/C25H30FN5O6/c1-14-10-15(4-5-16(14)26)11-27-19(34)17-18(33)21(36)31-12-24(13-32)6-8-25(9-7-24,23(31)28-17)29-20(35)22(37)30(2)3/h4-5,10,32-33H,6-9,11-13H2,1-3H3,(H,27,34)(H,29,35). The van der Waals surface area contributed by atoms with Gasteiger partial charge in [0.15, 0.2) is 5.69 Å². The highest BCUT2D eigenvalue weighted by Crippen LogP contribution is 2.49. The van der Waals surface area contributed by atoms with E-state index in [2.05, 4.69) is 15.6 Å². The third kappa shape index (κ3) is 4.68. The summed E-state index contributed by atoms with van der Waals surface area (Å²) < 4.78 is 14.8. The average Bonchev–Trinajstić information content (AvgIpc) is 3.09. The fourth-order valence-electron chi connectivity index (χ4n) is 5.08. The van der Waals surface area contributed by atoms with Crippen LogP contribution in [-0.2, 0) is 28.2 Å². The number of hydrogen-bond acceptors (Lipinski definition) is 7. The Morgan fingerprint density at radius 3 is 2.46 bits per heavy atom. The lowest BCUT2D eigenvalue weighted by atomic mass is 9.69. The Hall–Kier alpha value is -3.80. The van der Waals surface area contributed by atoms with Crippen LogP contribution in [0.4, 0.5) is 4.39 Å². The van der Waals surface area contributed by atoms with Crippen LogP contribution in [0, 0.1) is 18.2 Å². The zero-order chi connectivity index (χ0) is 27.1. The number of carbonyl (C=O) groups excluding carboxylic acids is 3. The maximum atomic E-state index is 13.6. The summed E-state index contributed by atoms with van der Waals surface area (Å²) in [4.78, 5) is 56.9. The van der Waals surface area contributed by atoms with Gasteiger partial charge in [-0.15, -0.1) is 0 Å². The van der Waals surface area contributed by atoms with Gasteiger partial charge in [-0.25, -0.2) is 9.37 Å². The first-order valence-corrected chi connectivity index (χ1v) is 11.9. The number of hydrogen-bond donors (Lipinski definition) is 4. The van der Waals surface area contributed by atoms with Crippen molar-refractivity contribution in [1.82, 2.24) is 25.1 Å². The molecule has 0 radical (unpaired) electrons. The van der Waals surface area contributed by atoms with Crippen LogP contribution < -0.4 is 16.2 Å². The smallest absolute Gasteiger partial charge is 0.311 e. The predicted molar refractivity (Wildman–Crippen MR) is 129 cm³/mol. The number of amides is 3. The molecule has 0 spiro atoms. The van der Waals surface area contributed by atoms with Crippen LogP contribution in [0.15, 0.2) is 23.0 Å². The second-order valence-electron chi connectivity index (χ2n) is 10.2. The van der Waals surface area contributed by atoms with Crippen LogP contribution in [0.5, 0.6) is 5.75 Å². The normalized spacial score (nSPS) is 22.1. The van der Waals surface area contributed by atoms with Gasteiger partial charge in [-0.05, 0) is 49.8 Å². The highest BCUT2D eigenvalue weighted by molar-refractivity contribution is 6.35. The number of fused-ring (bicyclic) bond motifs is 2. The summed E-state index contributed by atoms with van der Waals surface area (Å²) in [5.74, 6) is -3.72. The molecular weight excluding hydrogens is 485 g/mol. The minimum atomic E-state index is -1.26. The molecule has 0 saturated heterocycles. The lowest BCUT2D eigenvalue weighted by molar-refractivity contribution is -0.145. The molecule has 1 aromatic carbocycles. The lowest BCUT2D eigenvalue weighted by Crippen LogP contribution is -2.54. The van der Waals surface area contributed by atoms with Gasteiger partial charge in [-0.3, -0.25) is 23.7 Å². The van der Waals surface area contributed by atoms with E-state index in [9.17, 15) is 33.8 Å². The Labute approximate surface area is 212 Å². The Balaban J connectivity index is 1.74. The molecule has 0 atom stereocenters. The molecule has 1 aromatic heterocycles. The van der Waals surface area contributed by atoms with Crippen LogP contribution in [-0.4, -0.2) is 63.1 Å². The molecule has 37 heavy (non-hydrogen) atoms.